The number of carbonyl (C=O) groups excluding carboxylic acids is 1. The number of nitriles is 1. The minimum Gasteiger partial charge on any atom is -0.461 e. The van der Waals surface area contributed by atoms with Crippen molar-refractivity contribution in [2.45, 2.75) is 58.4 Å². The molecule has 32 heavy (non-hydrogen) atoms. The Morgan fingerprint density at radius 1 is 1.22 bits per heavy atom. The monoisotopic (exact) mass is 428 g/mol. The summed E-state index contributed by atoms with van der Waals surface area (Å²) in [7, 11) is 0. The second kappa shape index (κ2) is 8.38. The maximum absolute atomic E-state index is 12.2. The van der Waals surface area contributed by atoms with Crippen LogP contribution in [0.3, 0.4) is 0 Å². The van der Waals surface area contributed by atoms with Crippen LogP contribution in [0.15, 0.2) is 35.4 Å². The van der Waals surface area contributed by atoms with E-state index in [1.165, 1.54) is 25.7 Å². The van der Waals surface area contributed by atoms with Crippen LogP contribution in [0, 0.1) is 30.1 Å². The molecule has 2 unspecified atom stereocenters. The Balaban J connectivity index is 1.55. The topological polar surface area (TPSA) is 78.6 Å². The van der Waals surface area contributed by atoms with Gasteiger partial charge in [0.1, 0.15) is 5.69 Å². The number of benzene rings is 1. The fourth-order valence-corrected chi connectivity index (χ4v) is 5.66. The lowest BCUT2D eigenvalue weighted by molar-refractivity contribution is 0.0519. The number of hydrogen-bond donors (Lipinski definition) is 0. The van der Waals surface area contributed by atoms with Crippen molar-refractivity contribution >= 4 is 17.4 Å². The van der Waals surface area contributed by atoms with Gasteiger partial charge in [-0.25, -0.2) is 9.78 Å². The van der Waals surface area contributed by atoms with Crippen LogP contribution < -0.4 is 5.01 Å². The zero-order valence-corrected chi connectivity index (χ0v) is 18.7. The predicted molar refractivity (Wildman–Crippen MR) is 123 cm³/mol. The molecule has 2 heterocycles. The van der Waals surface area contributed by atoms with Crippen molar-refractivity contribution in [3.8, 4) is 6.07 Å². The van der Waals surface area contributed by atoms with Gasteiger partial charge < -0.3 is 4.74 Å². The number of aryl methyl sites for hydroxylation is 2. The van der Waals surface area contributed by atoms with Crippen LogP contribution >= 0.6 is 0 Å². The van der Waals surface area contributed by atoms with Gasteiger partial charge in [-0.05, 0) is 81.3 Å². The van der Waals surface area contributed by atoms with Crippen LogP contribution in [-0.2, 0) is 11.2 Å². The summed E-state index contributed by atoms with van der Waals surface area (Å²) in [5.41, 5.74) is 6.20. The SMILES string of the molecule is CCOC(=O)c1ccc2c(n1)CCC1C2=NN(c2ccc(C#N)c(C)c2)C1C1CCCC1. The summed E-state index contributed by atoms with van der Waals surface area (Å²) in [4.78, 5) is 16.8. The first-order valence-electron chi connectivity index (χ1n) is 11.7. The zero-order valence-electron chi connectivity index (χ0n) is 18.7. The third kappa shape index (κ3) is 3.46. The lowest BCUT2D eigenvalue weighted by atomic mass is 9.76. The summed E-state index contributed by atoms with van der Waals surface area (Å²) in [5, 5.41) is 16.7. The van der Waals surface area contributed by atoms with Crippen LogP contribution in [-0.4, -0.2) is 29.3 Å². The highest BCUT2D eigenvalue weighted by Crippen LogP contribution is 2.44. The Hall–Kier alpha value is -3.20. The molecule has 164 valence electrons. The van der Waals surface area contributed by atoms with Gasteiger partial charge in [0.15, 0.2) is 0 Å². The van der Waals surface area contributed by atoms with Gasteiger partial charge in [0, 0.05) is 11.5 Å². The number of carbonyl (C=O) groups is 1. The van der Waals surface area contributed by atoms with E-state index in [-0.39, 0.29) is 5.97 Å². The molecule has 0 bridgehead atoms. The molecule has 6 nitrogen and oxygen atoms in total. The molecule has 2 atom stereocenters. The Morgan fingerprint density at radius 2 is 2.03 bits per heavy atom. The molecule has 1 aromatic carbocycles. The fraction of sp³-hybridized carbons (Fsp3) is 0.462. The number of nitrogens with zero attached hydrogens (tertiary/aromatic N) is 4. The number of esters is 1. The number of pyridine rings is 1. The molecule has 1 aromatic heterocycles. The van der Waals surface area contributed by atoms with Crippen LogP contribution in [0.5, 0.6) is 0 Å². The van der Waals surface area contributed by atoms with Crippen molar-refractivity contribution in [1.82, 2.24) is 4.98 Å². The largest absolute Gasteiger partial charge is 0.461 e. The van der Waals surface area contributed by atoms with Crippen molar-refractivity contribution in [2.75, 3.05) is 11.6 Å². The number of fused-ring (bicyclic) bond motifs is 3. The highest BCUT2D eigenvalue weighted by molar-refractivity contribution is 6.07. The summed E-state index contributed by atoms with van der Waals surface area (Å²) >= 11 is 0. The normalized spacial score (nSPS) is 22.2. The van der Waals surface area contributed by atoms with Gasteiger partial charge >= 0.3 is 5.97 Å². The number of hydrogen-bond acceptors (Lipinski definition) is 6. The first kappa shape index (κ1) is 20.7. The van der Waals surface area contributed by atoms with Crippen molar-refractivity contribution in [1.29, 1.82) is 5.26 Å². The van der Waals surface area contributed by atoms with E-state index in [2.05, 4.69) is 22.1 Å². The number of rotatable bonds is 4. The molecule has 3 aliphatic rings. The summed E-state index contributed by atoms with van der Waals surface area (Å²) < 4.78 is 5.13. The minimum atomic E-state index is -0.371. The van der Waals surface area contributed by atoms with Crippen LogP contribution in [0.1, 0.15) is 71.9 Å². The predicted octanol–water partition coefficient (Wildman–Crippen LogP) is 4.78. The highest BCUT2D eigenvalue weighted by Gasteiger charge is 2.46. The molecule has 0 radical (unpaired) electrons. The molecular formula is C26H28N4O2. The number of ether oxygens (including phenoxy) is 1. The average molecular weight is 429 g/mol. The van der Waals surface area contributed by atoms with Gasteiger partial charge in [-0.1, -0.05) is 12.8 Å². The van der Waals surface area contributed by atoms with E-state index in [4.69, 9.17) is 9.84 Å². The summed E-state index contributed by atoms with van der Waals surface area (Å²) in [6.45, 7) is 4.13. The number of anilines is 1. The molecule has 1 aliphatic heterocycles. The molecule has 1 saturated carbocycles. The molecule has 0 spiro atoms. The maximum Gasteiger partial charge on any atom is 0.356 e. The summed E-state index contributed by atoms with van der Waals surface area (Å²) in [6.07, 6.45) is 6.87. The minimum absolute atomic E-state index is 0.331. The molecule has 1 fully saturated rings. The molecule has 0 amide bonds. The van der Waals surface area contributed by atoms with E-state index in [9.17, 15) is 10.1 Å². The quantitative estimate of drug-likeness (QED) is 0.655. The van der Waals surface area contributed by atoms with Crippen LogP contribution in [0.2, 0.25) is 0 Å². The van der Waals surface area contributed by atoms with Crippen molar-refractivity contribution in [3.63, 3.8) is 0 Å². The van der Waals surface area contributed by atoms with E-state index >= 15 is 0 Å². The number of hydrazone groups is 1. The van der Waals surface area contributed by atoms with E-state index in [1.54, 1.807) is 13.0 Å². The fourth-order valence-electron chi connectivity index (χ4n) is 5.66. The van der Waals surface area contributed by atoms with E-state index in [0.29, 0.717) is 35.7 Å². The third-order valence-electron chi connectivity index (χ3n) is 7.17. The van der Waals surface area contributed by atoms with E-state index in [0.717, 1.165) is 41.1 Å². The lowest BCUT2D eigenvalue weighted by Gasteiger charge is -2.34. The van der Waals surface area contributed by atoms with E-state index < -0.39 is 0 Å². The highest BCUT2D eigenvalue weighted by atomic mass is 16.5. The van der Waals surface area contributed by atoms with Crippen LogP contribution in [0.4, 0.5) is 5.69 Å². The molecule has 5 rings (SSSR count). The lowest BCUT2D eigenvalue weighted by Crippen LogP contribution is -2.40. The first-order valence-corrected chi connectivity index (χ1v) is 11.7. The molecule has 6 heteroatoms. The second-order valence-electron chi connectivity index (χ2n) is 9.03. The van der Waals surface area contributed by atoms with E-state index in [1.807, 2.05) is 25.1 Å². The smallest absolute Gasteiger partial charge is 0.356 e. The van der Waals surface area contributed by atoms with Crippen molar-refractivity contribution in [3.05, 3.63) is 58.4 Å². The Bertz CT molecular complexity index is 1130. The molecule has 2 aliphatic carbocycles. The van der Waals surface area contributed by atoms with Crippen LogP contribution in [0.25, 0.3) is 0 Å². The Labute approximate surface area is 188 Å². The van der Waals surface area contributed by atoms with Gasteiger partial charge in [-0.15, -0.1) is 0 Å². The zero-order chi connectivity index (χ0) is 22.2. The standard InChI is InChI=1S/C26H28N4O2/c1-3-32-26(31)23-13-10-20-22(28-23)12-11-21-24(20)29-30(25(21)17-6-4-5-7-17)19-9-8-18(15-27)16(2)14-19/h8-10,13-14,17,21,25H,3-7,11-12H2,1-2H3. The average Bonchev–Trinajstić information content (AvgIpc) is 3.46. The Kier molecular flexibility index (Phi) is 5.42. The van der Waals surface area contributed by atoms with Gasteiger partial charge in [-0.2, -0.15) is 10.4 Å². The second-order valence-corrected chi connectivity index (χ2v) is 9.03. The number of aromatic nitrogens is 1. The molecule has 2 aromatic rings. The maximum atomic E-state index is 12.2. The molecule has 0 saturated heterocycles. The van der Waals surface area contributed by atoms with Gasteiger partial charge in [0.05, 0.1) is 41.4 Å². The molecule has 0 N–H and O–H groups in total. The van der Waals surface area contributed by atoms with Gasteiger partial charge in [-0.3, -0.25) is 5.01 Å². The van der Waals surface area contributed by atoms with Gasteiger partial charge in [0.25, 0.3) is 0 Å². The first-order chi connectivity index (χ1) is 15.6. The third-order valence-corrected chi connectivity index (χ3v) is 7.17. The summed E-state index contributed by atoms with van der Waals surface area (Å²) in [5.74, 6) is 0.603. The van der Waals surface area contributed by atoms with Crippen molar-refractivity contribution < 1.29 is 9.53 Å². The van der Waals surface area contributed by atoms with Crippen molar-refractivity contribution in [2.24, 2.45) is 16.9 Å². The Morgan fingerprint density at radius 3 is 2.75 bits per heavy atom. The molecular weight excluding hydrogens is 400 g/mol. The summed E-state index contributed by atoms with van der Waals surface area (Å²) in [6, 6.07) is 12.4. The van der Waals surface area contributed by atoms with Gasteiger partial charge in [0.2, 0.25) is 0 Å².